The zero-order valence-electron chi connectivity index (χ0n) is 32.6. The number of hydrogen-bond donors (Lipinski definition) is 0. The summed E-state index contributed by atoms with van der Waals surface area (Å²) in [5.74, 6) is 0. The molecule has 2 aromatic heterocycles. The molecule has 0 fully saturated rings. The predicted octanol–water partition coefficient (Wildman–Crippen LogP) is 15.8. The van der Waals surface area contributed by atoms with Crippen molar-refractivity contribution in [1.29, 1.82) is 0 Å². The maximum absolute atomic E-state index is 5.16. The molecule has 0 bridgehead atoms. The minimum absolute atomic E-state index is 0.956. The second-order valence-electron chi connectivity index (χ2n) is 15.5. The summed E-state index contributed by atoms with van der Waals surface area (Å²) >= 11 is 1.88. The monoisotopic (exact) mass is 780 g/mol. The number of benzene rings is 9. The van der Waals surface area contributed by atoms with E-state index in [1.165, 1.54) is 75.7 Å². The first-order valence-electron chi connectivity index (χ1n) is 20.4. The minimum atomic E-state index is 0.956. The Morgan fingerprint density at radius 1 is 0.333 bits per heavy atom. The van der Waals surface area contributed by atoms with Gasteiger partial charge in [-0.1, -0.05) is 169 Å². The third-order valence-corrected chi connectivity index (χ3v) is 13.1. The van der Waals surface area contributed by atoms with Crippen LogP contribution >= 0.6 is 11.8 Å². The minimum Gasteiger partial charge on any atom is -0.309 e. The smallest absolute Gasteiger partial charge is 0.0715 e. The predicted molar refractivity (Wildman–Crippen MR) is 253 cm³/mol. The summed E-state index contributed by atoms with van der Waals surface area (Å²) in [5.41, 5.74) is 17.4. The Morgan fingerprint density at radius 2 is 0.917 bits per heavy atom. The van der Waals surface area contributed by atoms with E-state index >= 15 is 0 Å². The highest BCUT2D eigenvalue weighted by molar-refractivity contribution is 7.99. The fourth-order valence-electron chi connectivity index (χ4n) is 9.06. The highest BCUT2D eigenvalue weighted by atomic mass is 32.2. The van der Waals surface area contributed by atoms with Gasteiger partial charge in [0.1, 0.15) is 0 Å². The van der Waals surface area contributed by atoms with Crippen LogP contribution in [0.4, 0.5) is 0 Å². The van der Waals surface area contributed by atoms with Crippen molar-refractivity contribution in [3.63, 3.8) is 0 Å². The van der Waals surface area contributed by atoms with Gasteiger partial charge in [-0.3, -0.25) is 0 Å². The molecule has 0 aliphatic carbocycles. The molecule has 0 atom stereocenters. The molecule has 0 amide bonds. The SMILES string of the molecule is c1ccc(-c2cc(-c3ccccc3)nc(-c3ccc(-c4cccc(-n5c6ccccc6c6cc(-c7ccc8c(c7)-c7cccc9cccc(c79)S8)ccc65)c4)cc3)c2)cc1. The van der Waals surface area contributed by atoms with Crippen molar-refractivity contribution in [2.45, 2.75) is 9.79 Å². The van der Waals surface area contributed by atoms with Gasteiger partial charge < -0.3 is 4.57 Å². The fraction of sp³-hybridized carbons (Fsp3) is 0. The molecule has 12 rings (SSSR count). The van der Waals surface area contributed by atoms with Crippen LogP contribution in [0.1, 0.15) is 0 Å². The molecular formula is C57H36N2S. The summed E-state index contributed by atoms with van der Waals surface area (Å²) in [6, 6.07) is 79.2. The van der Waals surface area contributed by atoms with E-state index in [1.807, 2.05) is 17.8 Å². The standard InChI is InChI=1S/C57H36N2S/c1-3-12-37(13-4-1)45-35-51(39-14-5-2-6-15-39)58-52(36-45)40-26-24-38(25-27-40)42-18-9-19-46(32-42)59-53-22-8-7-20-47(53)49-33-43(28-30-54(49)59)44-29-31-55-50(34-44)48-21-10-16-41-17-11-23-56(60-55)57(41)48/h1-36H. The summed E-state index contributed by atoms with van der Waals surface area (Å²) in [6.45, 7) is 0. The molecule has 9 aromatic carbocycles. The van der Waals surface area contributed by atoms with Crippen molar-refractivity contribution in [1.82, 2.24) is 9.55 Å². The van der Waals surface area contributed by atoms with Gasteiger partial charge in [0.2, 0.25) is 0 Å². The number of hydrogen-bond acceptors (Lipinski definition) is 2. The Kier molecular flexibility index (Phi) is 8.14. The van der Waals surface area contributed by atoms with Crippen molar-refractivity contribution in [2.24, 2.45) is 0 Å². The van der Waals surface area contributed by atoms with Crippen LogP contribution < -0.4 is 0 Å². The molecule has 3 heteroatoms. The van der Waals surface area contributed by atoms with Crippen molar-refractivity contribution in [3.8, 4) is 72.7 Å². The number of aromatic nitrogens is 2. The highest BCUT2D eigenvalue weighted by Gasteiger charge is 2.20. The Balaban J connectivity index is 0.908. The number of para-hydroxylation sites is 1. The Hall–Kier alpha value is -7.46. The normalized spacial score (nSPS) is 11.9. The Labute approximate surface area is 353 Å². The molecule has 2 nitrogen and oxygen atoms in total. The zero-order valence-corrected chi connectivity index (χ0v) is 33.4. The van der Waals surface area contributed by atoms with E-state index in [1.54, 1.807) is 0 Å². The van der Waals surface area contributed by atoms with Crippen LogP contribution in [0.2, 0.25) is 0 Å². The Bertz CT molecular complexity index is 3380. The van der Waals surface area contributed by atoms with Gasteiger partial charge >= 0.3 is 0 Å². The third kappa shape index (κ3) is 5.86. The third-order valence-electron chi connectivity index (χ3n) is 12.0. The van der Waals surface area contributed by atoms with Crippen LogP contribution in [-0.2, 0) is 0 Å². The van der Waals surface area contributed by atoms with E-state index in [4.69, 9.17) is 4.98 Å². The molecule has 1 aliphatic heterocycles. The fourth-order valence-corrected chi connectivity index (χ4v) is 10.2. The van der Waals surface area contributed by atoms with E-state index in [0.29, 0.717) is 0 Å². The molecule has 0 saturated heterocycles. The first kappa shape index (κ1) is 34.6. The maximum atomic E-state index is 5.16. The van der Waals surface area contributed by atoms with E-state index in [-0.39, 0.29) is 0 Å². The van der Waals surface area contributed by atoms with Crippen LogP contribution in [0, 0.1) is 0 Å². The van der Waals surface area contributed by atoms with Gasteiger partial charge in [0, 0.05) is 42.8 Å². The topological polar surface area (TPSA) is 17.8 Å². The van der Waals surface area contributed by atoms with E-state index in [2.05, 4.69) is 217 Å². The zero-order chi connectivity index (χ0) is 39.6. The van der Waals surface area contributed by atoms with E-state index in [9.17, 15) is 0 Å². The number of nitrogens with zero attached hydrogens (tertiary/aromatic N) is 2. The van der Waals surface area contributed by atoms with Gasteiger partial charge in [0.05, 0.1) is 22.4 Å². The van der Waals surface area contributed by atoms with Gasteiger partial charge in [0.25, 0.3) is 0 Å². The summed E-state index contributed by atoms with van der Waals surface area (Å²) in [6.07, 6.45) is 0. The van der Waals surface area contributed by atoms with Gasteiger partial charge in [-0.15, -0.1) is 0 Å². The lowest BCUT2D eigenvalue weighted by Gasteiger charge is -2.21. The lowest BCUT2D eigenvalue weighted by atomic mass is 9.94. The molecule has 0 radical (unpaired) electrons. The largest absolute Gasteiger partial charge is 0.309 e. The summed E-state index contributed by atoms with van der Waals surface area (Å²) in [5, 5.41) is 5.15. The second-order valence-corrected chi connectivity index (χ2v) is 16.6. The molecule has 11 aromatic rings. The molecular weight excluding hydrogens is 745 g/mol. The lowest BCUT2D eigenvalue weighted by molar-refractivity contribution is 1.18. The van der Waals surface area contributed by atoms with Crippen LogP contribution in [0.3, 0.4) is 0 Å². The summed E-state index contributed by atoms with van der Waals surface area (Å²) < 4.78 is 2.41. The van der Waals surface area contributed by atoms with Gasteiger partial charge in [-0.25, -0.2) is 4.98 Å². The molecule has 60 heavy (non-hydrogen) atoms. The average Bonchev–Trinajstić information content (AvgIpc) is 3.66. The first-order valence-corrected chi connectivity index (χ1v) is 21.3. The number of pyridine rings is 1. The molecule has 0 unspecified atom stereocenters. The van der Waals surface area contributed by atoms with Crippen molar-refractivity contribution < 1.29 is 0 Å². The average molecular weight is 781 g/mol. The molecule has 1 aliphatic rings. The van der Waals surface area contributed by atoms with E-state index < -0.39 is 0 Å². The molecule has 0 saturated carbocycles. The van der Waals surface area contributed by atoms with Crippen molar-refractivity contribution in [2.75, 3.05) is 0 Å². The quantitative estimate of drug-likeness (QED) is 0.167. The van der Waals surface area contributed by atoms with Gasteiger partial charge in [-0.05, 0) is 111 Å². The molecule has 0 spiro atoms. The highest BCUT2D eigenvalue weighted by Crippen LogP contribution is 2.49. The van der Waals surface area contributed by atoms with Crippen LogP contribution in [0.25, 0.3) is 105 Å². The number of fused-ring (bicyclic) bond motifs is 5. The first-order chi connectivity index (χ1) is 29.7. The van der Waals surface area contributed by atoms with E-state index in [0.717, 1.165) is 39.3 Å². The summed E-state index contributed by atoms with van der Waals surface area (Å²) in [7, 11) is 0. The van der Waals surface area contributed by atoms with Gasteiger partial charge in [-0.2, -0.15) is 0 Å². The summed E-state index contributed by atoms with van der Waals surface area (Å²) in [4.78, 5) is 7.80. The maximum Gasteiger partial charge on any atom is 0.0715 e. The van der Waals surface area contributed by atoms with Crippen molar-refractivity contribution >= 4 is 44.3 Å². The van der Waals surface area contributed by atoms with Crippen molar-refractivity contribution in [3.05, 3.63) is 218 Å². The second kappa shape index (κ2) is 14.1. The Morgan fingerprint density at radius 3 is 1.73 bits per heavy atom. The van der Waals surface area contributed by atoms with Crippen LogP contribution in [0.5, 0.6) is 0 Å². The molecule has 3 heterocycles. The lowest BCUT2D eigenvalue weighted by Crippen LogP contribution is -1.95. The van der Waals surface area contributed by atoms with Crippen LogP contribution in [-0.4, -0.2) is 9.55 Å². The number of rotatable bonds is 6. The van der Waals surface area contributed by atoms with Crippen LogP contribution in [0.15, 0.2) is 228 Å². The molecule has 0 N–H and O–H groups in total. The van der Waals surface area contributed by atoms with Gasteiger partial charge in [0.15, 0.2) is 0 Å². The molecule has 280 valence electrons.